The van der Waals surface area contributed by atoms with Crippen LogP contribution in [-0.2, 0) is 4.74 Å². The van der Waals surface area contributed by atoms with E-state index in [-0.39, 0.29) is 0 Å². The first kappa shape index (κ1) is 14.9. The molecule has 1 heterocycles. The smallest absolute Gasteiger partial charge is 0.0462 e. The lowest BCUT2D eigenvalue weighted by atomic mass is 9.99. The van der Waals surface area contributed by atoms with Gasteiger partial charge in [-0.15, -0.1) is 0 Å². The standard InChI is InChI=1S/C14H30N2O/c1-13(12-14-8-4-6-10-16-14)15-9-5-3-7-11-17-2/h13-16H,3-12H2,1-2H3. The zero-order valence-electron chi connectivity index (χ0n) is 11.6. The van der Waals surface area contributed by atoms with Crippen molar-refractivity contribution in [1.82, 2.24) is 10.6 Å². The number of piperidine rings is 1. The van der Waals surface area contributed by atoms with Crippen molar-refractivity contribution in [1.29, 1.82) is 0 Å². The minimum Gasteiger partial charge on any atom is -0.385 e. The van der Waals surface area contributed by atoms with Crippen molar-refractivity contribution in [2.75, 3.05) is 26.8 Å². The molecule has 0 bridgehead atoms. The first-order chi connectivity index (χ1) is 8.33. The van der Waals surface area contributed by atoms with Gasteiger partial charge in [-0.1, -0.05) is 6.42 Å². The van der Waals surface area contributed by atoms with Gasteiger partial charge in [0, 0.05) is 25.8 Å². The van der Waals surface area contributed by atoms with E-state index in [1.54, 1.807) is 7.11 Å². The molecule has 2 unspecified atom stereocenters. The molecule has 3 heteroatoms. The van der Waals surface area contributed by atoms with Crippen LogP contribution >= 0.6 is 0 Å². The van der Waals surface area contributed by atoms with E-state index in [1.165, 1.54) is 51.5 Å². The highest BCUT2D eigenvalue weighted by atomic mass is 16.5. The summed E-state index contributed by atoms with van der Waals surface area (Å²) in [4.78, 5) is 0. The van der Waals surface area contributed by atoms with Gasteiger partial charge in [-0.3, -0.25) is 0 Å². The molecule has 17 heavy (non-hydrogen) atoms. The number of rotatable bonds is 9. The molecular weight excluding hydrogens is 212 g/mol. The van der Waals surface area contributed by atoms with Crippen molar-refractivity contribution >= 4 is 0 Å². The van der Waals surface area contributed by atoms with Gasteiger partial charge in [-0.05, 0) is 58.5 Å². The molecule has 0 aromatic carbocycles. The minimum atomic E-state index is 0.646. The third kappa shape index (κ3) is 7.74. The molecule has 0 amide bonds. The number of hydrogen-bond acceptors (Lipinski definition) is 3. The van der Waals surface area contributed by atoms with Crippen LogP contribution in [-0.4, -0.2) is 38.9 Å². The van der Waals surface area contributed by atoms with Crippen molar-refractivity contribution in [2.45, 2.75) is 64.0 Å². The summed E-state index contributed by atoms with van der Waals surface area (Å²) in [6, 6.07) is 1.40. The molecule has 2 atom stereocenters. The van der Waals surface area contributed by atoms with E-state index in [2.05, 4.69) is 17.6 Å². The topological polar surface area (TPSA) is 33.3 Å². The van der Waals surface area contributed by atoms with Crippen LogP contribution in [0.4, 0.5) is 0 Å². The Bertz CT molecular complexity index is 170. The Morgan fingerprint density at radius 3 is 2.88 bits per heavy atom. The average Bonchev–Trinajstić information content (AvgIpc) is 2.35. The molecule has 1 fully saturated rings. The third-order valence-electron chi connectivity index (χ3n) is 3.57. The van der Waals surface area contributed by atoms with Crippen molar-refractivity contribution in [2.24, 2.45) is 0 Å². The highest BCUT2D eigenvalue weighted by Crippen LogP contribution is 2.11. The molecule has 1 rings (SSSR count). The maximum Gasteiger partial charge on any atom is 0.0462 e. The molecule has 0 aromatic heterocycles. The van der Waals surface area contributed by atoms with Crippen LogP contribution in [0.3, 0.4) is 0 Å². The maximum atomic E-state index is 5.04. The maximum absolute atomic E-state index is 5.04. The highest BCUT2D eigenvalue weighted by molar-refractivity contribution is 4.76. The molecule has 0 aromatic rings. The van der Waals surface area contributed by atoms with Gasteiger partial charge in [-0.2, -0.15) is 0 Å². The Morgan fingerprint density at radius 2 is 2.18 bits per heavy atom. The van der Waals surface area contributed by atoms with E-state index >= 15 is 0 Å². The van der Waals surface area contributed by atoms with Crippen molar-refractivity contribution in [3.05, 3.63) is 0 Å². The molecule has 0 saturated carbocycles. The number of unbranched alkanes of at least 4 members (excludes halogenated alkanes) is 2. The summed E-state index contributed by atoms with van der Waals surface area (Å²) in [6.45, 7) is 5.58. The Morgan fingerprint density at radius 1 is 1.29 bits per heavy atom. The van der Waals surface area contributed by atoms with Crippen LogP contribution in [0, 0.1) is 0 Å². The van der Waals surface area contributed by atoms with E-state index in [1.807, 2.05) is 0 Å². The summed E-state index contributed by atoms with van der Waals surface area (Å²) in [6.07, 6.45) is 9.13. The molecule has 1 saturated heterocycles. The van der Waals surface area contributed by atoms with E-state index < -0.39 is 0 Å². The third-order valence-corrected chi connectivity index (χ3v) is 3.57. The molecular formula is C14H30N2O. The molecule has 102 valence electrons. The lowest BCUT2D eigenvalue weighted by molar-refractivity contribution is 0.192. The molecule has 0 aliphatic carbocycles. The quantitative estimate of drug-likeness (QED) is 0.609. The first-order valence-electron chi connectivity index (χ1n) is 7.28. The Balaban J connectivity index is 1.91. The minimum absolute atomic E-state index is 0.646. The monoisotopic (exact) mass is 242 g/mol. The molecule has 0 spiro atoms. The summed E-state index contributed by atoms with van der Waals surface area (Å²) in [7, 11) is 1.78. The van der Waals surface area contributed by atoms with E-state index in [4.69, 9.17) is 4.74 Å². The van der Waals surface area contributed by atoms with Crippen LogP contribution in [0.5, 0.6) is 0 Å². The number of ether oxygens (including phenoxy) is 1. The van der Waals surface area contributed by atoms with Crippen LogP contribution in [0.15, 0.2) is 0 Å². The SMILES string of the molecule is COCCCCCNC(C)CC1CCCCN1. The van der Waals surface area contributed by atoms with Gasteiger partial charge >= 0.3 is 0 Å². The zero-order valence-corrected chi connectivity index (χ0v) is 11.6. The predicted molar refractivity (Wildman–Crippen MR) is 73.5 cm³/mol. The second-order valence-corrected chi connectivity index (χ2v) is 5.29. The summed E-state index contributed by atoms with van der Waals surface area (Å²) < 4.78 is 5.04. The lowest BCUT2D eigenvalue weighted by Gasteiger charge is -2.26. The number of methoxy groups -OCH3 is 1. The van der Waals surface area contributed by atoms with Crippen LogP contribution in [0.25, 0.3) is 0 Å². The zero-order chi connectivity index (χ0) is 12.3. The van der Waals surface area contributed by atoms with Crippen LogP contribution in [0.2, 0.25) is 0 Å². The normalized spacial score (nSPS) is 22.6. The summed E-state index contributed by atoms with van der Waals surface area (Å²) in [5.74, 6) is 0. The van der Waals surface area contributed by atoms with E-state index in [0.29, 0.717) is 6.04 Å². The van der Waals surface area contributed by atoms with Gasteiger partial charge in [0.05, 0.1) is 0 Å². The highest BCUT2D eigenvalue weighted by Gasteiger charge is 2.14. The summed E-state index contributed by atoms with van der Waals surface area (Å²) >= 11 is 0. The van der Waals surface area contributed by atoms with Gasteiger partial charge in [0.25, 0.3) is 0 Å². The average molecular weight is 242 g/mol. The van der Waals surface area contributed by atoms with Gasteiger partial charge in [-0.25, -0.2) is 0 Å². The van der Waals surface area contributed by atoms with Crippen molar-refractivity contribution < 1.29 is 4.74 Å². The van der Waals surface area contributed by atoms with Gasteiger partial charge in [0.2, 0.25) is 0 Å². The van der Waals surface area contributed by atoms with E-state index in [9.17, 15) is 0 Å². The van der Waals surface area contributed by atoms with Crippen LogP contribution < -0.4 is 10.6 Å². The van der Waals surface area contributed by atoms with E-state index in [0.717, 1.165) is 19.2 Å². The fourth-order valence-electron chi connectivity index (χ4n) is 2.53. The first-order valence-corrected chi connectivity index (χ1v) is 7.28. The van der Waals surface area contributed by atoms with Gasteiger partial charge < -0.3 is 15.4 Å². The second kappa shape index (κ2) is 9.86. The molecule has 3 nitrogen and oxygen atoms in total. The predicted octanol–water partition coefficient (Wildman–Crippen LogP) is 2.31. The second-order valence-electron chi connectivity index (χ2n) is 5.29. The molecule has 0 radical (unpaired) electrons. The Hall–Kier alpha value is -0.120. The molecule has 2 N–H and O–H groups in total. The summed E-state index contributed by atoms with van der Waals surface area (Å²) in [5.41, 5.74) is 0. The van der Waals surface area contributed by atoms with Crippen molar-refractivity contribution in [3.8, 4) is 0 Å². The fraction of sp³-hybridized carbons (Fsp3) is 1.00. The van der Waals surface area contributed by atoms with Crippen LogP contribution in [0.1, 0.15) is 51.9 Å². The van der Waals surface area contributed by atoms with Gasteiger partial charge in [0.15, 0.2) is 0 Å². The Labute approximate surface area is 107 Å². The van der Waals surface area contributed by atoms with Gasteiger partial charge in [0.1, 0.15) is 0 Å². The number of nitrogens with one attached hydrogen (secondary N) is 2. The lowest BCUT2D eigenvalue weighted by Crippen LogP contribution is -2.40. The molecule has 1 aliphatic heterocycles. The largest absolute Gasteiger partial charge is 0.385 e. The summed E-state index contributed by atoms with van der Waals surface area (Å²) in [5, 5.41) is 7.24. The Kier molecular flexibility index (Phi) is 8.67. The molecule has 1 aliphatic rings. The van der Waals surface area contributed by atoms with Crippen molar-refractivity contribution in [3.63, 3.8) is 0 Å². The fourth-order valence-corrected chi connectivity index (χ4v) is 2.53. The number of hydrogen-bond donors (Lipinski definition) is 2.